The fraction of sp³-hybridized carbons (Fsp3) is 0.833. The van der Waals surface area contributed by atoms with Crippen molar-refractivity contribution in [2.45, 2.75) is 24.4 Å². The molecule has 0 aromatic carbocycles. The molecule has 4 atom stereocenters. The summed E-state index contributed by atoms with van der Waals surface area (Å²) in [5.74, 6) is -1.73. The van der Waals surface area contributed by atoms with Gasteiger partial charge in [-0.15, -0.1) is 0 Å². The first kappa shape index (κ1) is 17.2. The van der Waals surface area contributed by atoms with Crippen LogP contribution in [0.2, 0.25) is 0 Å². The predicted octanol–water partition coefficient (Wildman–Crippen LogP) is -4.41. The molecule has 0 fully saturated rings. The molecule has 0 aliphatic carbocycles. The van der Waals surface area contributed by atoms with Crippen LogP contribution in [-0.2, 0) is 4.79 Å². The first-order valence-electron chi connectivity index (χ1n) is 3.47. The third kappa shape index (κ3) is 5.07. The molecule has 0 spiro atoms. The Hall–Kier alpha value is 0.841. The molecule has 0 aliphatic heterocycles. The fourth-order valence-electron chi connectivity index (χ4n) is 0.668. The van der Waals surface area contributed by atoms with Gasteiger partial charge in [-0.3, -0.25) is 0 Å². The average Bonchev–Trinajstić information content (AvgIpc) is 2.12. The number of carboxylic acid groups (broad SMARTS) is 1. The van der Waals surface area contributed by atoms with Gasteiger partial charge in [0.1, 0.15) is 18.3 Å². The van der Waals surface area contributed by atoms with Gasteiger partial charge in [-0.05, 0) is 0 Å². The Morgan fingerprint density at radius 3 is 1.79 bits per heavy atom. The van der Waals surface area contributed by atoms with Crippen molar-refractivity contribution in [2.24, 2.45) is 0 Å². The summed E-state index contributed by atoms with van der Waals surface area (Å²) < 4.78 is 0. The molecule has 8 heteroatoms. The third-order valence-electron chi connectivity index (χ3n) is 1.51. The van der Waals surface area contributed by atoms with Crippen molar-refractivity contribution in [2.75, 3.05) is 6.61 Å². The Kier molecular flexibility index (Phi) is 9.91. The van der Waals surface area contributed by atoms with Crippen molar-refractivity contribution in [3.8, 4) is 0 Å². The minimum atomic E-state index is -2.20. The van der Waals surface area contributed by atoms with Crippen LogP contribution in [0, 0.1) is 0 Å². The number of carboxylic acids is 1. The normalized spacial score (nSPS) is 18.9. The molecule has 7 nitrogen and oxygen atoms in total. The molecule has 14 heavy (non-hydrogen) atoms. The van der Waals surface area contributed by atoms with Gasteiger partial charge in [-0.25, -0.2) is 4.79 Å². The van der Waals surface area contributed by atoms with Crippen molar-refractivity contribution in [3.63, 3.8) is 0 Å². The van der Waals surface area contributed by atoms with E-state index in [1.165, 1.54) is 0 Å². The molecule has 0 heterocycles. The summed E-state index contributed by atoms with van der Waals surface area (Å²) in [4.78, 5) is 10.1. The van der Waals surface area contributed by atoms with E-state index in [9.17, 15) is 4.79 Å². The molecule has 0 radical (unpaired) electrons. The van der Waals surface area contributed by atoms with E-state index in [0.717, 1.165) is 0 Å². The molecule has 0 aromatic heterocycles. The molecule has 0 aliphatic rings. The first-order valence-corrected chi connectivity index (χ1v) is 3.47. The van der Waals surface area contributed by atoms with E-state index in [2.05, 4.69) is 0 Å². The molecule has 82 valence electrons. The van der Waals surface area contributed by atoms with Crippen LogP contribution in [0.1, 0.15) is 0 Å². The Bertz CT molecular complexity index is 176. The fourth-order valence-corrected chi connectivity index (χ4v) is 0.668. The summed E-state index contributed by atoms with van der Waals surface area (Å²) in [6, 6.07) is 0. The van der Waals surface area contributed by atoms with E-state index in [-0.39, 0.29) is 48.9 Å². The van der Waals surface area contributed by atoms with Gasteiger partial charge in [0.15, 0.2) is 6.10 Å². The summed E-state index contributed by atoms with van der Waals surface area (Å²) in [5, 5.41) is 51.8. The summed E-state index contributed by atoms with van der Waals surface area (Å²) in [7, 11) is 0. The quantitative estimate of drug-likeness (QED) is 0.279. The van der Waals surface area contributed by atoms with Crippen LogP contribution < -0.4 is 0 Å². The zero-order valence-corrected chi connectivity index (χ0v) is 6.61. The van der Waals surface area contributed by atoms with E-state index in [4.69, 9.17) is 30.6 Å². The maximum absolute atomic E-state index is 10.1. The number of hydrogen-bond donors (Lipinski definition) is 6. The maximum atomic E-state index is 10.1. The van der Waals surface area contributed by atoms with Crippen molar-refractivity contribution < 1.29 is 35.4 Å². The van der Waals surface area contributed by atoms with Crippen LogP contribution >= 0.6 is 0 Å². The average molecular weight is 335 g/mol. The molecule has 0 amide bonds. The minimum absolute atomic E-state index is 0. The summed E-state index contributed by atoms with van der Waals surface area (Å²) in [6.45, 7) is -0.843. The van der Waals surface area contributed by atoms with Crippen LogP contribution in [0.15, 0.2) is 0 Å². The van der Waals surface area contributed by atoms with Crippen LogP contribution in [0.25, 0.3) is 0 Å². The first-order chi connectivity index (χ1) is 5.91. The molecular weight excluding hydrogens is 321 g/mol. The zero-order chi connectivity index (χ0) is 10.6. The molecule has 0 rings (SSSR count). The number of hydrogen-bond acceptors (Lipinski definition) is 6. The van der Waals surface area contributed by atoms with Crippen LogP contribution in [-0.4, -0.2) is 117 Å². The molecular formula is C6H14BaO7. The van der Waals surface area contributed by atoms with Gasteiger partial charge < -0.3 is 30.6 Å². The van der Waals surface area contributed by atoms with Gasteiger partial charge >= 0.3 is 54.9 Å². The Balaban J connectivity index is 0. The number of aliphatic carboxylic acids is 1. The molecule has 0 saturated heterocycles. The number of aliphatic hydroxyl groups is 5. The second kappa shape index (κ2) is 8.05. The monoisotopic (exact) mass is 336 g/mol. The summed E-state index contributed by atoms with van der Waals surface area (Å²) >= 11 is 0. The summed E-state index contributed by atoms with van der Waals surface area (Å²) in [6.07, 6.45) is -7.84. The molecule has 6 N–H and O–H groups in total. The SMILES string of the molecule is O=C(O)C(O)C(O)C(O)C(O)CO.[BaH2]. The number of rotatable bonds is 5. The van der Waals surface area contributed by atoms with E-state index in [1.54, 1.807) is 0 Å². The van der Waals surface area contributed by atoms with Crippen molar-refractivity contribution in [3.05, 3.63) is 0 Å². The van der Waals surface area contributed by atoms with Crippen molar-refractivity contribution in [1.82, 2.24) is 0 Å². The van der Waals surface area contributed by atoms with Gasteiger partial charge in [0.05, 0.1) is 6.61 Å². The van der Waals surface area contributed by atoms with E-state index in [0.29, 0.717) is 0 Å². The Labute approximate surface area is 120 Å². The van der Waals surface area contributed by atoms with Gasteiger partial charge in [-0.1, -0.05) is 0 Å². The van der Waals surface area contributed by atoms with E-state index in [1.807, 2.05) is 0 Å². The molecule has 0 bridgehead atoms. The van der Waals surface area contributed by atoms with Crippen LogP contribution in [0.5, 0.6) is 0 Å². The third-order valence-corrected chi connectivity index (χ3v) is 1.51. The van der Waals surface area contributed by atoms with Crippen molar-refractivity contribution >= 4 is 54.9 Å². The number of carbonyl (C=O) groups is 1. The Morgan fingerprint density at radius 1 is 1.07 bits per heavy atom. The van der Waals surface area contributed by atoms with Gasteiger partial charge in [0.2, 0.25) is 0 Å². The standard InChI is InChI=1S/C6H12O7.Ba.2H/c7-1-2(8)3(9)4(10)5(11)6(12)13;;;/h2-5,7-11H,1H2,(H,12,13);;;. The zero-order valence-electron chi connectivity index (χ0n) is 6.61. The number of aliphatic hydroxyl groups excluding tert-OH is 5. The van der Waals surface area contributed by atoms with E-state index >= 15 is 0 Å². The Morgan fingerprint density at radius 2 is 1.50 bits per heavy atom. The van der Waals surface area contributed by atoms with Gasteiger partial charge in [0, 0.05) is 0 Å². The topological polar surface area (TPSA) is 138 Å². The second-order valence-electron chi connectivity index (χ2n) is 2.51. The van der Waals surface area contributed by atoms with E-state index < -0.39 is 37.0 Å². The predicted molar refractivity (Wildman–Crippen MR) is 47.3 cm³/mol. The van der Waals surface area contributed by atoms with Crippen molar-refractivity contribution in [1.29, 1.82) is 0 Å². The van der Waals surface area contributed by atoms with Gasteiger partial charge in [-0.2, -0.15) is 0 Å². The van der Waals surface area contributed by atoms with Gasteiger partial charge in [0.25, 0.3) is 0 Å². The molecule has 4 unspecified atom stereocenters. The summed E-state index contributed by atoms with van der Waals surface area (Å²) in [5.41, 5.74) is 0. The molecule has 0 aromatic rings. The van der Waals surface area contributed by atoms with Crippen LogP contribution in [0.4, 0.5) is 0 Å². The van der Waals surface area contributed by atoms with Crippen LogP contribution in [0.3, 0.4) is 0 Å². The molecule has 0 saturated carbocycles. The second-order valence-corrected chi connectivity index (χ2v) is 2.51.